The largest absolute Gasteiger partial charge is 0.472 e. The van der Waals surface area contributed by atoms with Gasteiger partial charge in [-0.15, -0.1) is 0 Å². The molecule has 0 aliphatic carbocycles. The molecular weight excluding hydrogens is 995 g/mol. The van der Waals surface area contributed by atoms with Crippen LogP contribution in [0.4, 0.5) is 0 Å². The first-order chi connectivity index (χ1) is 35.7. The lowest BCUT2D eigenvalue weighted by Gasteiger charge is -2.21. The zero-order valence-corrected chi connectivity index (χ0v) is 48.6. The van der Waals surface area contributed by atoms with Crippen LogP contribution < -0.4 is 0 Å². The molecule has 0 aromatic carbocycles. The van der Waals surface area contributed by atoms with Crippen LogP contribution in [0.15, 0.2) is 0 Å². The number of phosphoric acid groups is 2. The summed E-state index contributed by atoms with van der Waals surface area (Å²) in [5, 5.41) is 10.4. The van der Waals surface area contributed by atoms with Crippen LogP contribution in [0.3, 0.4) is 0 Å². The van der Waals surface area contributed by atoms with Crippen molar-refractivity contribution in [3.05, 3.63) is 0 Å². The van der Waals surface area contributed by atoms with E-state index in [4.69, 9.17) is 37.0 Å². The molecule has 3 N–H and O–H groups in total. The first-order valence-corrected chi connectivity index (χ1v) is 32.3. The van der Waals surface area contributed by atoms with Crippen LogP contribution >= 0.6 is 15.6 Å². The molecular formula is C55H106O17P2. The molecule has 2 unspecified atom stereocenters. The van der Waals surface area contributed by atoms with Crippen LogP contribution in [0.1, 0.15) is 272 Å². The zero-order chi connectivity index (χ0) is 54.8. The maximum atomic E-state index is 12.9. The number of unbranched alkanes of at least 4 members (excludes halogenated alkanes) is 30. The van der Waals surface area contributed by atoms with Crippen LogP contribution in [0.5, 0.6) is 0 Å². The highest BCUT2D eigenvalue weighted by Crippen LogP contribution is 2.45. The standard InChI is InChI=1S/C55H106O17P2/c1-5-9-13-17-20-23-24-27-30-34-38-42-55(60)72-51(46-66-53(58)40-36-32-28-25-21-18-14-10-6-2)48-70-74(63,64)68-44-49(56)43-67-73(61,62)69-47-50(45-65-52(57)39-35-31-16-12-8-4)71-54(59)41-37-33-29-26-22-19-15-11-7-3/h49-51,56H,5-48H2,1-4H3,(H,61,62)(H,63,64)/t49-,50+,51+/m0/s1. The minimum Gasteiger partial charge on any atom is -0.462 e. The Bertz CT molecular complexity index is 1450. The van der Waals surface area contributed by atoms with E-state index >= 15 is 0 Å². The summed E-state index contributed by atoms with van der Waals surface area (Å²) in [5.41, 5.74) is 0. The van der Waals surface area contributed by atoms with E-state index in [1.807, 2.05) is 0 Å². The number of hydrogen-bond acceptors (Lipinski definition) is 15. The summed E-state index contributed by atoms with van der Waals surface area (Å²) in [7, 11) is -9.85. The molecule has 0 bridgehead atoms. The van der Waals surface area contributed by atoms with E-state index in [-0.39, 0.29) is 25.7 Å². The molecule has 17 nitrogen and oxygen atoms in total. The third-order valence-electron chi connectivity index (χ3n) is 12.6. The van der Waals surface area contributed by atoms with Gasteiger partial charge in [-0.3, -0.25) is 37.3 Å². The second-order valence-corrected chi connectivity index (χ2v) is 22.9. The van der Waals surface area contributed by atoms with Crippen molar-refractivity contribution in [2.75, 3.05) is 39.6 Å². The molecule has 74 heavy (non-hydrogen) atoms. The number of phosphoric ester groups is 2. The Balaban J connectivity index is 5.17. The van der Waals surface area contributed by atoms with Crippen LogP contribution in [-0.4, -0.2) is 96.7 Å². The number of carbonyl (C=O) groups is 4. The third-order valence-corrected chi connectivity index (χ3v) is 14.5. The van der Waals surface area contributed by atoms with Gasteiger partial charge in [0.15, 0.2) is 12.2 Å². The average Bonchev–Trinajstić information content (AvgIpc) is 3.37. The normalized spacial score (nSPS) is 14.4. The summed E-state index contributed by atoms with van der Waals surface area (Å²) in [5.74, 6) is -2.16. The van der Waals surface area contributed by atoms with Crippen molar-refractivity contribution in [3.8, 4) is 0 Å². The minimum absolute atomic E-state index is 0.105. The molecule has 0 aliphatic rings. The summed E-state index contributed by atoms with van der Waals surface area (Å²) in [6.45, 7) is 4.70. The van der Waals surface area contributed by atoms with Gasteiger partial charge in [0.1, 0.15) is 19.3 Å². The molecule has 0 aromatic rings. The highest BCUT2D eigenvalue weighted by Gasteiger charge is 2.30. The van der Waals surface area contributed by atoms with E-state index in [9.17, 15) is 43.2 Å². The summed E-state index contributed by atoms with van der Waals surface area (Å²) in [4.78, 5) is 71.4. The van der Waals surface area contributed by atoms with Crippen molar-refractivity contribution in [2.24, 2.45) is 0 Å². The molecule has 19 heteroatoms. The Morgan fingerprint density at radius 1 is 0.324 bits per heavy atom. The number of carbonyl (C=O) groups excluding carboxylic acids is 4. The predicted octanol–water partition coefficient (Wildman–Crippen LogP) is 14.4. The Labute approximate surface area is 447 Å². The predicted molar refractivity (Wildman–Crippen MR) is 289 cm³/mol. The second-order valence-electron chi connectivity index (χ2n) is 20.0. The molecule has 0 heterocycles. The smallest absolute Gasteiger partial charge is 0.462 e. The van der Waals surface area contributed by atoms with E-state index in [1.165, 1.54) is 96.3 Å². The molecule has 0 rings (SSSR count). The highest BCUT2D eigenvalue weighted by molar-refractivity contribution is 7.47. The van der Waals surface area contributed by atoms with E-state index in [2.05, 4.69) is 27.7 Å². The van der Waals surface area contributed by atoms with Crippen LogP contribution in [0, 0.1) is 0 Å². The van der Waals surface area contributed by atoms with Crippen LogP contribution in [-0.2, 0) is 65.4 Å². The number of aliphatic hydroxyl groups is 1. The molecule has 0 radical (unpaired) electrons. The van der Waals surface area contributed by atoms with Gasteiger partial charge in [0.2, 0.25) is 0 Å². The molecule has 5 atom stereocenters. The fraction of sp³-hybridized carbons (Fsp3) is 0.927. The van der Waals surface area contributed by atoms with Crippen LogP contribution in [0.2, 0.25) is 0 Å². The lowest BCUT2D eigenvalue weighted by Crippen LogP contribution is -2.30. The van der Waals surface area contributed by atoms with Crippen molar-refractivity contribution in [1.82, 2.24) is 0 Å². The Morgan fingerprint density at radius 3 is 0.797 bits per heavy atom. The van der Waals surface area contributed by atoms with E-state index in [0.717, 1.165) is 96.3 Å². The highest BCUT2D eigenvalue weighted by atomic mass is 31.2. The van der Waals surface area contributed by atoms with E-state index < -0.39 is 97.5 Å². The van der Waals surface area contributed by atoms with Gasteiger partial charge >= 0.3 is 39.5 Å². The number of ether oxygens (including phenoxy) is 4. The fourth-order valence-corrected chi connectivity index (χ4v) is 9.62. The lowest BCUT2D eigenvalue weighted by molar-refractivity contribution is -0.161. The lowest BCUT2D eigenvalue weighted by atomic mass is 10.1. The molecule has 0 saturated carbocycles. The number of rotatable bonds is 56. The molecule has 0 amide bonds. The van der Waals surface area contributed by atoms with E-state index in [1.54, 1.807) is 0 Å². The number of aliphatic hydroxyl groups excluding tert-OH is 1. The maximum Gasteiger partial charge on any atom is 0.472 e. The summed E-state index contributed by atoms with van der Waals surface area (Å²) < 4.78 is 67.3. The summed E-state index contributed by atoms with van der Waals surface area (Å²) >= 11 is 0. The Hall–Kier alpha value is -1.94. The van der Waals surface area contributed by atoms with Crippen molar-refractivity contribution >= 4 is 39.5 Å². The van der Waals surface area contributed by atoms with Crippen molar-refractivity contribution < 1.29 is 80.2 Å². The van der Waals surface area contributed by atoms with Gasteiger partial charge < -0.3 is 33.8 Å². The number of esters is 4. The Kier molecular flexibility index (Phi) is 49.2. The van der Waals surface area contributed by atoms with Gasteiger partial charge in [-0.2, -0.15) is 0 Å². The van der Waals surface area contributed by atoms with E-state index in [0.29, 0.717) is 25.7 Å². The van der Waals surface area contributed by atoms with Crippen molar-refractivity contribution in [2.45, 2.75) is 290 Å². The molecule has 0 saturated heterocycles. The monoisotopic (exact) mass is 1100 g/mol. The van der Waals surface area contributed by atoms with Crippen molar-refractivity contribution in [1.29, 1.82) is 0 Å². The average molecular weight is 1100 g/mol. The summed E-state index contributed by atoms with van der Waals surface area (Å²) in [6.07, 6.45) is 32.4. The van der Waals surface area contributed by atoms with Gasteiger partial charge in [0.25, 0.3) is 0 Å². The number of hydrogen-bond donors (Lipinski definition) is 3. The molecule has 0 spiro atoms. The topological polar surface area (TPSA) is 237 Å². The zero-order valence-electron chi connectivity index (χ0n) is 46.8. The SMILES string of the molecule is CCCCCCCCCCCCCC(=O)O[C@H](COC(=O)CCCCCCCCCCC)COP(=O)(O)OC[C@@H](O)COP(=O)(O)OC[C@@H](COC(=O)CCCCCCC)OC(=O)CCCCCCCCCCC. The second kappa shape index (κ2) is 50.6. The minimum atomic E-state index is -4.93. The maximum absolute atomic E-state index is 12.9. The Morgan fingerprint density at radius 2 is 0.541 bits per heavy atom. The summed E-state index contributed by atoms with van der Waals surface area (Å²) in [6, 6.07) is 0. The van der Waals surface area contributed by atoms with Gasteiger partial charge in [0.05, 0.1) is 26.4 Å². The van der Waals surface area contributed by atoms with Gasteiger partial charge in [-0.05, 0) is 25.7 Å². The van der Waals surface area contributed by atoms with Gasteiger partial charge in [-0.25, -0.2) is 9.13 Å². The van der Waals surface area contributed by atoms with Gasteiger partial charge in [0, 0.05) is 25.7 Å². The fourth-order valence-electron chi connectivity index (χ4n) is 8.04. The molecule has 438 valence electrons. The quantitative estimate of drug-likeness (QED) is 0.0222. The van der Waals surface area contributed by atoms with Crippen molar-refractivity contribution in [3.63, 3.8) is 0 Å². The molecule has 0 fully saturated rings. The first kappa shape index (κ1) is 72.1. The van der Waals surface area contributed by atoms with Gasteiger partial charge in [-0.1, -0.05) is 220 Å². The first-order valence-electron chi connectivity index (χ1n) is 29.3. The molecule has 0 aromatic heterocycles. The van der Waals surface area contributed by atoms with Crippen LogP contribution in [0.25, 0.3) is 0 Å². The molecule has 0 aliphatic heterocycles. The third kappa shape index (κ3) is 49.6.